The van der Waals surface area contributed by atoms with Crippen LogP contribution in [0.2, 0.25) is 0 Å². The fourth-order valence-corrected chi connectivity index (χ4v) is 8.37. The van der Waals surface area contributed by atoms with Crippen LogP contribution in [-0.4, -0.2) is 54.9 Å². The molecule has 4 heterocycles. The number of nitrogens with zero attached hydrogens (tertiary/aromatic N) is 7. The molecular weight excluding hydrogens is 566 g/mol. The number of benzene rings is 1. The lowest BCUT2D eigenvalue weighted by Gasteiger charge is -2.24. The maximum absolute atomic E-state index is 14.1. The van der Waals surface area contributed by atoms with Gasteiger partial charge in [0.25, 0.3) is 31.2 Å². The van der Waals surface area contributed by atoms with Crippen LogP contribution in [0.4, 0.5) is 0 Å². The van der Waals surface area contributed by atoms with Gasteiger partial charge in [0.2, 0.25) is 0 Å². The van der Waals surface area contributed by atoms with E-state index in [2.05, 4.69) is 4.98 Å². The van der Waals surface area contributed by atoms with Crippen LogP contribution in [0.15, 0.2) is 65.6 Å². The quantitative estimate of drug-likeness (QED) is 0.270. The summed E-state index contributed by atoms with van der Waals surface area (Å²) in [7, 11) is -4.34. The van der Waals surface area contributed by atoms with Gasteiger partial charge in [-0.2, -0.15) is 4.31 Å². The van der Waals surface area contributed by atoms with Crippen LogP contribution >= 0.6 is 0 Å². The van der Waals surface area contributed by atoms with Crippen LogP contribution in [0.3, 0.4) is 0 Å². The zero-order valence-corrected chi connectivity index (χ0v) is 23.5. The van der Waals surface area contributed by atoms with Crippen molar-refractivity contribution in [1.82, 2.24) is 31.5 Å². The first-order chi connectivity index (χ1) is 18.7. The summed E-state index contributed by atoms with van der Waals surface area (Å²) in [5.41, 5.74) is -3.21. The van der Waals surface area contributed by atoms with Gasteiger partial charge in [-0.15, -0.1) is 0 Å². The van der Waals surface area contributed by atoms with Crippen LogP contribution < -0.4 is 22.5 Å². The van der Waals surface area contributed by atoms with Gasteiger partial charge in [0.15, 0.2) is 9.79 Å². The number of sulfonamides is 1. The molecule has 17 heteroatoms. The summed E-state index contributed by atoms with van der Waals surface area (Å²) in [5, 5.41) is 0. The third-order valence-corrected chi connectivity index (χ3v) is 10.6. The molecule has 1 fully saturated rings. The Kier molecular flexibility index (Phi) is 6.35. The Hall–Kier alpha value is -4.09. The molecule has 3 aromatic heterocycles. The molecule has 5 rings (SSSR count). The van der Waals surface area contributed by atoms with E-state index >= 15 is 0 Å². The van der Waals surface area contributed by atoms with E-state index in [-0.39, 0.29) is 29.8 Å². The normalized spacial score (nSPS) is 16.6. The van der Waals surface area contributed by atoms with E-state index in [1.165, 1.54) is 20.2 Å². The minimum atomic E-state index is -4.72. The van der Waals surface area contributed by atoms with Crippen molar-refractivity contribution < 1.29 is 16.8 Å². The van der Waals surface area contributed by atoms with E-state index in [1.54, 1.807) is 18.2 Å². The van der Waals surface area contributed by atoms with Crippen LogP contribution in [-0.2, 0) is 48.2 Å². The highest BCUT2D eigenvalue weighted by atomic mass is 32.2. The van der Waals surface area contributed by atoms with Gasteiger partial charge < -0.3 is 9.13 Å². The maximum Gasteiger partial charge on any atom is 0.330 e. The lowest BCUT2D eigenvalue weighted by atomic mass is 10.2. The SMILES string of the molecule is Cn1cc(S(=O)(=O)N2CCCC2c2nc3ccccc3n2S(=O)(=O)c2cn(C)c(=O)n(C)c2=O)c(=O)n(C)c1=O. The zero-order valence-electron chi connectivity index (χ0n) is 21.9. The third kappa shape index (κ3) is 3.91. The van der Waals surface area contributed by atoms with Gasteiger partial charge in [0.05, 0.1) is 17.1 Å². The molecule has 0 N–H and O–H groups in total. The summed E-state index contributed by atoms with van der Waals surface area (Å²) < 4.78 is 60.8. The molecule has 15 nitrogen and oxygen atoms in total. The van der Waals surface area contributed by atoms with E-state index in [9.17, 15) is 36.0 Å². The number of hydrogen-bond donors (Lipinski definition) is 0. The number of hydrogen-bond acceptors (Lipinski definition) is 9. The topological polar surface area (TPSA) is 177 Å². The molecule has 1 atom stereocenters. The van der Waals surface area contributed by atoms with Crippen molar-refractivity contribution in [2.45, 2.75) is 28.7 Å². The van der Waals surface area contributed by atoms with Crippen molar-refractivity contribution >= 4 is 31.1 Å². The van der Waals surface area contributed by atoms with Crippen molar-refractivity contribution in [3.05, 3.63) is 84.2 Å². The molecule has 212 valence electrons. The van der Waals surface area contributed by atoms with E-state index in [0.29, 0.717) is 15.6 Å². The fraction of sp³-hybridized carbons (Fsp3) is 0.348. The molecule has 40 heavy (non-hydrogen) atoms. The molecule has 4 aromatic rings. The van der Waals surface area contributed by atoms with Gasteiger partial charge in [-0.05, 0) is 25.0 Å². The average Bonchev–Trinajstić information content (AvgIpc) is 3.56. The number of rotatable bonds is 5. The summed E-state index contributed by atoms with van der Waals surface area (Å²) >= 11 is 0. The molecule has 0 radical (unpaired) electrons. The summed E-state index contributed by atoms with van der Waals surface area (Å²) in [4.78, 5) is 53.3. The molecule has 0 spiro atoms. The minimum absolute atomic E-state index is 0.0517. The molecule has 1 unspecified atom stereocenters. The molecule has 1 saturated heterocycles. The van der Waals surface area contributed by atoms with Gasteiger partial charge in [0.1, 0.15) is 5.82 Å². The number of fused-ring (bicyclic) bond motifs is 1. The largest absolute Gasteiger partial charge is 0.330 e. The van der Waals surface area contributed by atoms with E-state index in [4.69, 9.17) is 0 Å². The van der Waals surface area contributed by atoms with Crippen molar-refractivity contribution in [2.24, 2.45) is 28.2 Å². The molecule has 0 bridgehead atoms. The van der Waals surface area contributed by atoms with Gasteiger partial charge in [-0.3, -0.25) is 18.7 Å². The number of aromatic nitrogens is 6. The lowest BCUT2D eigenvalue weighted by molar-refractivity contribution is 0.381. The van der Waals surface area contributed by atoms with Crippen LogP contribution in [0, 0.1) is 0 Å². The van der Waals surface area contributed by atoms with Crippen molar-refractivity contribution in [3.8, 4) is 0 Å². The van der Waals surface area contributed by atoms with Crippen molar-refractivity contribution in [3.63, 3.8) is 0 Å². The third-order valence-electron chi connectivity index (χ3n) is 6.98. The second kappa shape index (κ2) is 9.24. The van der Waals surface area contributed by atoms with Gasteiger partial charge >= 0.3 is 11.4 Å². The number of imidazole rings is 1. The van der Waals surface area contributed by atoms with Gasteiger partial charge in [-0.1, -0.05) is 12.1 Å². The van der Waals surface area contributed by atoms with E-state index in [1.807, 2.05) is 0 Å². The van der Waals surface area contributed by atoms with E-state index < -0.39 is 58.4 Å². The fourth-order valence-electron chi connectivity index (χ4n) is 4.90. The Morgan fingerprint density at radius 1 is 0.775 bits per heavy atom. The lowest BCUT2D eigenvalue weighted by Crippen LogP contribution is -2.43. The molecule has 1 aromatic carbocycles. The van der Waals surface area contributed by atoms with E-state index in [0.717, 1.165) is 43.9 Å². The molecule has 0 aliphatic carbocycles. The summed E-state index contributed by atoms with van der Waals surface area (Å²) in [5.74, 6) is -0.181. The average molecular weight is 592 g/mol. The number of para-hydroxylation sites is 2. The Morgan fingerprint density at radius 3 is 1.88 bits per heavy atom. The maximum atomic E-state index is 14.1. The first-order valence-corrected chi connectivity index (χ1v) is 14.9. The highest BCUT2D eigenvalue weighted by Gasteiger charge is 2.42. The Labute approximate surface area is 226 Å². The van der Waals surface area contributed by atoms with Crippen LogP contribution in [0.25, 0.3) is 11.0 Å². The Morgan fingerprint density at radius 2 is 1.30 bits per heavy atom. The zero-order chi connectivity index (χ0) is 29.3. The number of aryl methyl sites for hydroxylation is 2. The highest BCUT2D eigenvalue weighted by Crippen LogP contribution is 2.38. The molecule has 1 aliphatic rings. The highest BCUT2D eigenvalue weighted by molar-refractivity contribution is 7.90. The van der Waals surface area contributed by atoms with Crippen molar-refractivity contribution in [1.29, 1.82) is 0 Å². The summed E-state index contributed by atoms with van der Waals surface area (Å²) in [6.45, 7) is -0.0517. The monoisotopic (exact) mass is 591 g/mol. The smallest absolute Gasteiger partial charge is 0.302 e. The Bertz CT molecular complexity index is 2170. The molecule has 0 saturated carbocycles. The minimum Gasteiger partial charge on any atom is -0.302 e. The van der Waals surface area contributed by atoms with Crippen LogP contribution in [0.5, 0.6) is 0 Å². The predicted molar refractivity (Wildman–Crippen MR) is 142 cm³/mol. The second-order valence-electron chi connectivity index (χ2n) is 9.50. The van der Waals surface area contributed by atoms with Gasteiger partial charge in [0, 0.05) is 47.1 Å². The van der Waals surface area contributed by atoms with Crippen molar-refractivity contribution in [2.75, 3.05) is 6.54 Å². The summed E-state index contributed by atoms with van der Waals surface area (Å²) in [6.07, 6.45) is 2.33. The van der Waals surface area contributed by atoms with Crippen LogP contribution in [0.1, 0.15) is 24.7 Å². The summed E-state index contributed by atoms with van der Waals surface area (Å²) in [6, 6.07) is 5.06. The second-order valence-corrected chi connectivity index (χ2v) is 13.1. The molecule has 0 amide bonds. The first kappa shape index (κ1) is 27.5. The first-order valence-electron chi connectivity index (χ1n) is 12.0. The molecule has 1 aliphatic heterocycles. The Balaban J connectivity index is 1.77. The predicted octanol–water partition coefficient (Wildman–Crippen LogP) is -1.41. The molecular formula is C23H25N7O8S2. The standard InChI is InChI=1S/C23H25N7O8S2/c1-25-12-17(20(31)27(3)22(25)33)39(35,36)29-11-7-10-16(29)19-24-14-8-5-6-9-15(14)30(19)40(37,38)18-13-26(2)23(34)28(4)21(18)32/h5-6,8-9,12-13,16H,7,10-11H2,1-4H3. The van der Waals surface area contributed by atoms with Gasteiger partial charge in [-0.25, -0.2) is 35.4 Å².